The van der Waals surface area contributed by atoms with E-state index in [9.17, 15) is 18.0 Å². The first-order valence-electron chi connectivity index (χ1n) is 5.97. The quantitative estimate of drug-likeness (QED) is 0.836. The van der Waals surface area contributed by atoms with Gasteiger partial charge in [0.1, 0.15) is 11.5 Å². The molecule has 0 aliphatic heterocycles. The number of halogens is 3. The third-order valence-corrected chi connectivity index (χ3v) is 2.65. The standard InChI is InChI=1S/C13H16F3NO4/c1-20-10-4-3-9(11(5-10)21-2)6-17(7-12(18)19)8-13(14,15)16/h3-5H,6-8H2,1-2H3,(H,18,19). The third-order valence-electron chi connectivity index (χ3n) is 2.65. The molecule has 0 fully saturated rings. The molecule has 0 heterocycles. The monoisotopic (exact) mass is 307 g/mol. The number of hydrogen-bond acceptors (Lipinski definition) is 4. The second-order valence-electron chi connectivity index (χ2n) is 4.33. The number of ether oxygens (including phenoxy) is 2. The van der Waals surface area contributed by atoms with Crippen molar-refractivity contribution in [2.24, 2.45) is 0 Å². The van der Waals surface area contributed by atoms with Crippen LogP contribution in [0.3, 0.4) is 0 Å². The smallest absolute Gasteiger partial charge is 0.401 e. The van der Waals surface area contributed by atoms with E-state index in [-0.39, 0.29) is 6.54 Å². The van der Waals surface area contributed by atoms with Crippen LogP contribution in [0.4, 0.5) is 13.2 Å². The molecule has 0 atom stereocenters. The zero-order valence-corrected chi connectivity index (χ0v) is 11.6. The molecule has 1 aromatic rings. The molecule has 0 unspecified atom stereocenters. The van der Waals surface area contributed by atoms with Crippen LogP contribution in [0.1, 0.15) is 5.56 Å². The third kappa shape index (κ3) is 5.90. The van der Waals surface area contributed by atoms with Crippen molar-refractivity contribution in [3.63, 3.8) is 0 Å². The fourth-order valence-electron chi connectivity index (χ4n) is 1.84. The van der Waals surface area contributed by atoms with Gasteiger partial charge in [-0.1, -0.05) is 6.07 Å². The number of carboxylic acids is 1. The number of carbonyl (C=O) groups is 1. The van der Waals surface area contributed by atoms with Crippen molar-refractivity contribution < 1.29 is 32.5 Å². The van der Waals surface area contributed by atoms with Crippen LogP contribution >= 0.6 is 0 Å². The summed E-state index contributed by atoms with van der Waals surface area (Å²) in [4.78, 5) is 11.5. The second-order valence-corrected chi connectivity index (χ2v) is 4.33. The molecule has 0 saturated carbocycles. The Morgan fingerprint density at radius 1 is 1.29 bits per heavy atom. The van der Waals surface area contributed by atoms with Crippen molar-refractivity contribution in [1.82, 2.24) is 4.90 Å². The normalized spacial score (nSPS) is 11.5. The summed E-state index contributed by atoms with van der Waals surface area (Å²) in [6.07, 6.45) is -4.48. The lowest BCUT2D eigenvalue weighted by Gasteiger charge is -2.22. The van der Waals surface area contributed by atoms with Gasteiger partial charge < -0.3 is 14.6 Å². The highest BCUT2D eigenvalue weighted by Gasteiger charge is 2.31. The van der Waals surface area contributed by atoms with Gasteiger partial charge in [0.2, 0.25) is 0 Å². The van der Waals surface area contributed by atoms with E-state index < -0.39 is 25.2 Å². The van der Waals surface area contributed by atoms with E-state index in [0.717, 1.165) is 4.90 Å². The predicted octanol–water partition coefficient (Wildman–Crippen LogP) is 2.15. The predicted molar refractivity (Wildman–Crippen MR) is 68.5 cm³/mol. The van der Waals surface area contributed by atoms with Crippen molar-refractivity contribution in [2.45, 2.75) is 12.7 Å². The number of aliphatic carboxylic acids is 1. The van der Waals surface area contributed by atoms with E-state index >= 15 is 0 Å². The van der Waals surface area contributed by atoms with Gasteiger partial charge in [-0.25, -0.2) is 0 Å². The summed E-state index contributed by atoms with van der Waals surface area (Å²) in [6, 6.07) is 4.65. The molecule has 118 valence electrons. The average molecular weight is 307 g/mol. The number of carboxylic acid groups (broad SMARTS) is 1. The van der Waals surface area contributed by atoms with Crippen LogP contribution in [-0.2, 0) is 11.3 Å². The maximum absolute atomic E-state index is 12.5. The highest BCUT2D eigenvalue weighted by Crippen LogP contribution is 2.27. The maximum Gasteiger partial charge on any atom is 0.401 e. The molecule has 8 heteroatoms. The molecule has 5 nitrogen and oxygen atoms in total. The molecule has 0 aliphatic rings. The van der Waals surface area contributed by atoms with Crippen LogP contribution in [0.15, 0.2) is 18.2 Å². The minimum absolute atomic E-state index is 0.195. The zero-order chi connectivity index (χ0) is 16.0. The Morgan fingerprint density at radius 2 is 1.95 bits per heavy atom. The molecular formula is C13H16F3NO4. The zero-order valence-electron chi connectivity index (χ0n) is 11.6. The van der Waals surface area contributed by atoms with Gasteiger partial charge in [-0.3, -0.25) is 9.69 Å². The van der Waals surface area contributed by atoms with E-state index in [2.05, 4.69) is 0 Å². The molecule has 0 saturated heterocycles. The molecule has 1 rings (SSSR count). The number of alkyl halides is 3. The molecular weight excluding hydrogens is 291 g/mol. The van der Waals surface area contributed by atoms with Crippen molar-refractivity contribution in [3.8, 4) is 11.5 Å². The van der Waals surface area contributed by atoms with E-state index in [4.69, 9.17) is 14.6 Å². The van der Waals surface area contributed by atoms with E-state index in [1.807, 2.05) is 0 Å². The Morgan fingerprint density at radius 3 is 2.43 bits per heavy atom. The first-order chi connectivity index (χ1) is 9.75. The van der Waals surface area contributed by atoms with Gasteiger partial charge in [0.15, 0.2) is 0 Å². The molecule has 1 aromatic carbocycles. The summed E-state index contributed by atoms with van der Waals surface area (Å²) in [7, 11) is 2.83. The second kappa shape index (κ2) is 7.16. The molecule has 0 aromatic heterocycles. The van der Waals surface area contributed by atoms with Crippen LogP contribution in [0.2, 0.25) is 0 Å². The van der Waals surface area contributed by atoms with Gasteiger partial charge in [-0.05, 0) is 6.07 Å². The molecule has 21 heavy (non-hydrogen) atoms. The van der Waals surface area contributed by atoms with Crippen LogP contribution in [0.25, 0.3) is 0 Å². The Bertz CT molecular complexity index is 491. The van der Waals surface area contributed by atoms with Crippen LogP contribution in [0, 0.1) is 0 Å². The summed E-state index contributed by atoms with van der Waals surface area (Å²) in [5.74, 6) is -0.491. The lowest BCUT2D eigenvalue weighted by atomic mass is 10.1. The van der Waals surface area contributed by atoms with Gasteiger partial charge in [-0.2, -0.15) is 13.2 Å². The number of nitrogens with zero attached hydrogens (tertiary/aromatic N) is 1. The molecule has 0 aliphatic carbocycles. The summed E-state index contributed by atoms with van der Waals surface area (Å²) >= 11 is 0. The number of methoxy groups -OCH3 is 2. The summed E-state index contributed by atoms with van der Waals surface area (Å²) < 4.78 is 47.5. The molecule has 1 N–H and O–H groups in total. The molecule has 0 amide bonds. The number of hydrogen-bond donors (Lipinski definition) is 1. The molecule has 0 spiro atoms. The van der Waals surface area contributed by atoms with E-state index in [1.54, 1.807) is 12.1 Å². The highest BCUT2D eigenvalue weighted by molar-refractivity contribution is 5.69. The fourth-order valence-corrected chi connectivity index (χ4v) is 1.84. The summed E-state index contributed by atoms with van der Waals surface area (Å²) in [5.41, 5.74) is 0.448. The minimum atomic E-state index is -4.48. The maximum atomic E-state index is 12.5. The molecule has 0 radical (unpaired) electrons. The van der Waals surface area contributed by atoms with Gasteiger partial charge in [0.05, 0.1) is 27.3 Å². The Kier molecular flexibility index (Phi) is 5.83. The first-order valence-corrected chi connectivity index (χ1v) is 5.97. The van der Waals surface area contributed by atoms with Crippen LogP contribution in [0.5, 0.6) is 11.5 Å². The summed E-state index contributed by atoms with van der Waals surface area (Å²) in [5, 5.41) is 8.71. The lowest BCUT2D eigenvalue weighted by molar-refractivity contribution is -0.154. The van der Waals surface area contributed by atoms with Gasteiger partial charge in [0.25, 0.3) is 0 Å². The topological polar surface area (TPSA) is 59.0 Å². The van der Waals surface area contributed by atoms with Gasteiger partial charge in [0, 0.05) is 18.2 Å². The number of benzene rings is 1. The highest BCUT2D eigenvalue weighted by atomic mass is 19.4. The Labute approximate surface area is 119 Å². The Balaban J connectivity index is 2.94. The van der Waals surface area contributed by atoms with Crippen molar-refractivity contribution in [3.05, 3.63) is 23.8 Å². The number of rotatable bonds is 7. The van der Waals surface area contributed by atoms with Crippen LogP contribution < -0.4 is 9.47 Å². The molecule has 0 bridgehead atoms. The minimum Gasteiger partial charge on any atom is -0.497 e. The van der Waals surface area contributed by atoms with Gasteiger partial charge in [-0.15, -0.1) is 0 Å². The SMILES string of the molecule is COc1ccc(CN(CC(=O)O)CC(F)(F)F)c(OC)c1. The van der Waals surface area contributed by atoms with Crippen molar-refractivity contribution in [2.75, 3.05) is 27.3 Å². The average Bonchev–Trinajstić information content (AvgIpc) is 2.36. The van der Waals surface area contributed by atoms with Gasteiger partial charge >= 0.3 is 12.1 Å². The largest absolute Gasteiger partial charge is 0.497 e. The first kappa shape index (κ1) is 17.1. The van der Waals surface area contributed by atoms with Crippen molar-refractivity contribution >= 4 is 5.97 Å². The Hall–Kier alpha value is -1.96. The summed E-state index contributed by atoms with van der Waals surface area (Å²) in [6.45, 7) is -2.22. The van der Waals surface area contributed by atoms with E-state index in [1.165, 1.54) is 20.3 Å². The van der Waals surface area contributed by atoms with E-state index in [0.29, 0.717) is 17.1 Å². The van der Waals surface area contributed by atoms with Crippen LogP contribution in [-0.4, -0.2) is 49.5 Å². The van der Waals surface area contributed by atoms with Crippen molar-refractivity contribution in [1.29, 1.82) is 0 Å². The fraction of sp³-hybridized carbons (Fsp3) is 0.462. The lowest BCUT2D eigenvalue weighted by Crippen LogP contribution is -2.37.